The van der Waals surface area contributed by atoms with Crippen LogP contribution in [0.15, 0.2) is 30.5 Å². The maximum absolute atomic E-state index is 10.5. The highest BCUT2D eigenvalue weighted by Gasteiger charge is 2.09. The van der Waals surface area contributed by atoms with Crippen LogP contribution in [-0.2, 0) is 0 Å². The summed E-state index contributed by atoms with van der Waals surface area (Å²) in [6.45, 7) is 5.43. The van der Waals surface area contributed by atoms with Gasteiger partial charge in [-0.1, -0.05) is 13.5 Å². The van der Waals surface area contributed by atoms with Gasteiger partial charge in [-0.3, -0.25) is 0 Å². The fraction of sp³-hybridized carbons (Fsp3) is 0.167. The Bertz CT molecular complexity index is 437. The van der Waals surface area contributed by atoms with Crippen LogP contribution in [0.25, 0.3) is 0 Å². The third-order valence-electron chi connectivity index (χ3n) is 1.90. The van der Waals surface area contributed by atoms with E-state index >= 15 is 0 Å². The second kappa shape index (κ2) is 6.95. The van der Waals surface area contributed by atoms with Crippen LogP contribution in [0.2, 0.25) is 0 Å². The van der Waals surface area contributed by atoms with Crippen molar-refractivity contribution in [3.63, 3.8) is 0 Å². The predicted molar refractivity (Wildman–Crippen MR) is 68.4 cm³/mol. The van der Waals surface area contributed by atoms with E-state index in [0.29, 0.717) is 0 Å². The van der Waals surface area contributed by atoms with Crippen molar-refractivity contribution in [1.29, 1.82) is 0 Å². The molecular weight excluding hydrogens is 236 g/mol. The second-order valence-corrected chi connectivity index (χ2v) is 3.47. The molecule has 1 aromatic carbocycles. The van der Waals surface area contributed by atoms with Gasteiger partial charge in [-0.15, -0.1) is 0 Å². The van der Waals surface area contributed by atoms with Crippen LogP contribution in [-0.4, -0.2) is 22.2 Å². The van der Waals surface area contributed by atoms with Gasteiger partial charge in [0.1, 0.15) is 0 Å². The largest absolute Gasteiger partial charge is 0.478 e. The van der Waals surface area contributed by atoms with Crippen LogP contribution < -0.4 is 11.5 Å². The lowest BCUT2D eigenvalue weighted by Gasteiger charge is -1.99. The van der Waals surface area contributed by atoms with Crippen molar-refractivity contribution in [3.8, 4) is 0 Å². The van der Waals surface area contributed by atoms with Gasteiger partial charge < -0.3 is 21.7 Å². The van der Waals surface area contributed by atoms with E-state index in [2.05, 4.69) is 6.58 Å². The summed E-state index contributed by atoms with van der Waals surface area (Å²) in [5.74, 6) is -2.40. The summed E-state index contributed by atoms with van der Waals surface area (Å²) in [7, 11) is 0. The van der Waals surface area contributed by atoms with Crippen LogP contribution in [0.3, 0.4) is 0 Å². The van der Waals surface area contributed by atoms with E-state index in [9.17, 15) is 9.59 Å². The Balaban J connectivity index is 0.000000494. The molecule has 0 unspecified atom stereocenters. The normalized spacial score (nSPS) is 8.94. The SMILES string of the molecule is C=C(N)CC.Nc1cc(C(=O)O)cc(C(=O)O)c1. The molecule has 0 aliphatic rings. The van der Waals surface area contributed by atoms with E-state index in [4.69, 9.17) is 21.7 Å². The Morgan fingerprint density at radius 3 is 1.72 bits per heavy atom. The van der Waals surface area contributed by atoms with Crippen LogP contribution >= 0.6 is 0 Å². The van der Waals surface area contributed by atoms with Crippen molar-refractivity contribution in [2.45, 2.75) is 13.3 Å². The third-order valence-corrected chi connectivity index (χ3v) is 1.90. The second-order valence-electron chi connectivity index (χ2n) is 3.47. The highest BCUT2D eigenvalue weighted by Crippen LogP contribution is 2.11. The van der Waals surface area contributed by atoms with E-state index < -0.39 is 11.9 Å². The molecule has 0 aliphatic carbocycles. The standard InChI is InChI=1S/C8H7NO4.C4H9N/c9-6-2-4(7(10)11)1-5(3-6)8(12)13;1-3-4(2)5/h1-3H,9H2,(H,10,11)(H,12,13);2-3,5H2,1H3. The molecule has 0 aromatic heterocycles. The zero-order valence-electron chi connectivity index (χ0n) is 10.0. The lowest BCUT2D eigenvalue weighted by molar-refractivity contribution is 0.0696. The van der Waals surface area contributed by atoms with Crippen molar-refractivity contribution >= 4 is 17.6 Å². The first-order valence-corrected chi connectivity index (χ1v) is 5.08. The lowest BCUT2D eigenvalue weighted by Crippen LogP contribution is -2.03. The number of nitrogen functional groups attached to an aromatic ring is 1. The minimum atomic E-state index is -1.20. The molecule has 0 fully saturated rings. The minimum absolute atomic E-state index is 0.123. The van der Waals surface area contributed by atoms with Crippen molar-refractivity contribution < 1.29 is 19.8 Å². The molecule has 6 nitrogen and oxygen atoms in total. The Labute approximate surface area is 105 Å². The van der Waals surface area contributed by atoms with Gasteiger partial charge >= 0.3 is 11.9 Å². The quantitative estimate of drug-likeness (QED) is 0.604. The molecule has 0 radical (unpaired) electrons. The van der Waals surface area contributed by atoms with E-state index in [1.54, 1.807) is 0 Å². The van der Waals surface area contributed by atoms with Gasteiger partial charge in [-0.2, -0.15) is 0 Å². The average molecular weight is 252 g/mol. The molecule has 0 bridgehead atoms. The summed E-state index contributed by atoms with van der Waals surface area (Å²) >= 11 is 0. The maximum Gasteiger partial charge on any atom is 0.335 e. The summed E-state index contributed by atoms with van der Waals surface area (Å²) in [5.41, 5.74) is 11.0. The molecule has 0 heterocycles. The molecule has 0 aliphatic heterocycles. The molecule has 6 N–H and O–H groups in total. The van der Waals surface area contributed by atoms with Gasteiger partial charge in [0, 0.05) is 11.4 Å². The van der Waals surface area contributed by atoms with Crippen molar-refractivity contribution in [1.82, 2.24) is 0 Å². The maximum atomic E-state index is 10.5. The molecule has 0 amide bonds. The number of allylic oxidation sites excluding steroid dienone is 1. The summed E-state index contributed by atoms with van der Waals surface area (Å²) in [5, 5.41) is 17.1. The highest BCUT2D eigenvalue weighted by molar-refractivity contribution is 5.95. The van der Waals surface area contributed by atoms with Crippen LogP contribution in [0.1, 0.15) is 34.1 Å². The zero-order valence-corrected chi connectivity index (χ0v) is 10.0. The molecule has 98 valence electrons. The van der Waals surface area contributed by atoms with Gasteiger partial charge in [-0.25, -0.2) is 9.59 Å². The number of hydrogen-bond acceptors (Lipinski definition) is 4. The Morgan fingerprint density at radius 2 is 1.50 bits per heavy atom. The molecule has 6 heteroatoms. The average Bonchev–Trinajstić information content (AvgIpc) is 2.28. The van der Waals surface area contributed by atoms with E-state index in [0.717, 1.165) is 18.2 Å². The van der Waals surface area contributed by atoms with E-state index in [-0.39, 0.29) is 16.8 Å². The number of aromatic carboxylic acids is 2. The first-order valence-electron chi connectivity index (χ1n) is 5.08. The summed E-state index contributed by atoms with van der Waals surface area (Å²) in [6, 6.07) is 3.46. The summed E-state index contributed by atoms with van der Waals surface area (Å²) < 4.78 is 0. The molecule has 1 rings (SSSR count). The van der Waals surface area contributed by atoms with E-state index in [1.807, 2.05) is 6.92 Å². The molecule has 1 aromatic rings. The number of carboxylic acid groups (broad SMARTS) is 2. The van der Waals surface area contributed by atoms with Gasteiger partial charge in [0.15, 0.2) is 0 Å². The van der Waals surface area contributed by atoms with Crippen molar-refractivity contribution in [2.75, 3.05) is 5.73 Å². The van der Waals surface area contributed by atoms with Gasteiger partial charge in [0.05, 0.1) is 11.1 Å². The van der Waals surface area contributed by atoms with Gasteiger partial charge in [-0.05, 0) is 24.6 Å². The number of nitrogens with two attached hydrogens (primary N) is 2. The number of hydrogen-bond donors (Lipinski definition) is 4. The number of benzene rings is 1. The Hall–Kier alpha value is -2.50. The summed E-state index contributed by atoms with van der Waals surface area (Å²) in [6.07, 6.45) is 0.889. The number of rotatable bonds is 3. The topological polar surface area (TPSA) is 127 Å². The molecule has 0 atom stereocenters. The number of anilines is 1. The smallest absolute Gasteiger partial charge is 0.335 e. The molecule has 0 saturated heterocycles. The third kappa shape index (κ3) is 5.55. The van der Waals surface area contributed by atoms with Crippen molar-refractivity contribution in [2.24, 2.45) is 5.73 Å². The Kier molecular flexibility index (Phi) is 5.98. The van der Waals surface area contributed by atoms with Crippen LogP contribution in [0.4, 0.5) is 5.69 Å². The Morgan fingerprint density at radius 1 is 1.17 bits per heavy atom. The first-order chi connectivity index (χ1) is 8.27. The fourth-order valence-corrected chi connectivity index (χ4v) is 0.899. The fourth-order valence-electron chi connectivity index (χ4n) is 0.899. The molecular formula is C12H16N2O4. The molecule has 0 saturated carbocycles. The lowest BCUT2D eigenvalue weighted by atomic mass is 10.1. The van der Waals surface area contributed by atoms with Crippen molar-refractivity contribution in [3.05, 3.63) is 41.6 Å². The van der Waals surface area contributed by atoms with E-state index in [1.165, 1.54) is 12.1 Å². The van der Waals surface area contributed by atoms with Crippen LogP contribution in [0, 0.1) is 0 Å². The first kappa shape index (κ1) is 15.5. The summed E-state index contributed by atoms with van der Waals surface area (Å²) in [4.78, 5) is 21.0. The molecule has 18 heavy (non-hydrogen) atoms. The number of carboxylic acids is 2. The van der Waals surface area contributed by atoms with Crippen LogP contribution in [0.5, 0.6) is 0 Å². The van der Waals surface area contributed by atoms with Gasteiger partial charge in [0.2, 0.25) is 0 Å². The predicted octanol–water partition coefficient (Wildman–Crippen LogP) is 1.53. The number of carbonyl (C=O) groups is 2. The minimum Gasteiger partial charge on any atom is -0.478 e. The zero-order chi connectivity index (χ0) is 14.3. The van der Waals surface area contributed by atoms with Gasteiger partial charge in [0.25, 0.3) is 0 Å². The molecule has 0 spiro atoms. The monoisotopic (exact) mass is 252 g/mol. The highest BCUT2D eigenvalue weighted by atomic mass is 16.4.